The van der Waals surface area contributed by atoms with E-state index in [1.165, 1.54) is 12.0 Å². The number of halogens is 2. The van der Waals surface area contributed by atoms with Crippen LogP contribution in [0.2, 0.25) is 0 Å². The van der Waals surface area contributed by atoms with Gasteiger partial charge in [-0.3, -0.25) is 4.99 Å². The number of rotatable bonds is 5. The molecule has 1 aliphatic rings. The fourth-order valence-corrected chi connectivity index (χ4v) is 2.76. The molecule has 0 spiro atoms. The van der Waals surface area contributed by atoms with Crippen molar-refractivity contribution in [2.24, 2.45) is 4.99 Å². The summed E-state index contributed by atoms with van der Waals surface area (Å²) in [5.74, 6) is 0.674. The van der Waals surface area contributed by atoms with Crippen LogP contribution >= 0.6 is 24.0 Å². The Labute approximate surface area is 150 Å². The minimum absolute atomic E-state index is 0. The molecule has 0 aliphatic heterocycles. The van der Waals surface area contributed by atoms with Crippen molar-refractivity contribution in [3.05, 3.63) is 35.6 Å². The molecule has 2 rings (SSSR count). The molecule has 1 aromatic carbocycles. The summed E-state index contributed by atoms with van der Waals surface area (Å²) in [4.78, 5) is 4.28. The third-order valence-corrected chi connectivity index (χ3v) is 4.58. The molecule has 0 saturated heterocycles. The molecule has 124 valence electrons. The molecular weight excluding hydrogens is 392 g/mol. The van der Waals surface area contributed by atoms with Gasteiger partial charge in [-0.25, -0.2) is 4.39 Å². The van der Waals surface area contributed by atoms with Crippen LogP contribution in [-0.2, 0) is 5.41 Å². The number of nitrogens with zero attached hydrogens (tertiary/aromatic N) is 1. The number of nitrogens with one attached hydrogen (secondary N) is 2. The molecule has 2 N–H and O–H groups in total. The summed E-state index contributed by atoms with van der Waals surface area (Å²) >= 11 is 0. The van der Waals surface area contributed by atoms with Crippen molar-refractivity contribution in [2.75, 3.05) is 13.6 Å². The van der Waals surface area contributed by atoms with Gasteiger partial charge in [-0.1, -0.05) is 25.5 Å². The molecule has 0 aromatic heterocycles. The van der Waals surface area contributed by atoms with Gasteiger partial charge in [0.05, 0.1) is 0 Å². The zero-order valence-electron chi connectivity index (χ0n) is 13.7. The van der Waals surface area contributed by atoms with E-state index in [0.717, 1.165) is 31.8 Å². The average Bonchev–Trinajstić information content (AvgIpc) is 2.46. The van der Waals surface area contributed by atoms with Crippen LogP contribution in [0, 0.1) is 5.82 Å². The van der Waals surface area contributed by atoms with Gasteiger partial charge in [-0.05, 0) is 43.9 Å². The monoisotopic (exact) mass is 419 g/mol. The second-order valence-electron chi connectivity index (χ2n) is 6.02. The SMILES string of the molecule is CCC(C)NC(=NC)NCC1(c2ccc(F)cc2)CCC1.I. The van der Waals surface area contributed by atoms with Gasteiger partial charge >= 0.3 is 0 Å². The first-order chi connectivity index (χ1) is 10.1. The van der Waals surface area contributed by atoms with E-state index in [0.29, 0.717) is 6.04 Å². The van der Waals surface area contributed by atoms with Gasteiger partial charge in [0.2, 0.25) is 0 Å². The van der Waals surface area contributed by atoms with Crippen molar-refractivity contribution in [3.8, 4) is 0 Å². The summed E-state index contributed by atoms with van der Waals surface area (Å²) in [5.41, 5.74) is 1.35. The standard InChI is InChI=1S/C17H26FN3.HI/c1-4-13(2)21-16(19-3)20-12-17(10-5-11-17)14-6-8-15(18)9-7-14;/h6-9,13H,4-5,10-12H2,1-3H3,(H2,19,20,21);1H. The first kappa shape index (κ1) is 19.2. The first-order valence-corrected chi connectivity index (χ1v) is 7.83. The molecule has 0 bridgehead atoms. The zero-order chi connectivity index (χ0) is 15.3. The van der Waals surface area contributed by atoms with Crippen LogP contribution in [0.1, 0.15) is 45.1 Å². The van der Waals surface area contributed by atoms with Crippen molar-refractivity contribution in [2.45, 2.75) is 51.0 Å². The quantitative estimate of drug-likeness (QED) is 0.433. The van der Waals surface area contributed by atoms with Crippen molar-refractivity contribution in [1.29, 1.82) is 0 Å². The van der Waals surface area contributed by atoms with Gasteiger partial charge in [0.25, 0.3) is 0 Å². The third-order valence-electron chi connectivity index (χ3n) is 4.58. The van der Waals surface area contributed by atoms with E-state index in [1.807, 2.05) is 12.1 Å². The van der Waals surface area contributed by atoms with Crippen molar-refractivity contribution in [3.63, 3.8) is 0 Å². The van der Waals surface area contributed by atoms with Crippen LogP contribution in [0.25, 0.3) is 0 Å². The Morgan fingerprint density at radius 2 is 1.95 bits per heavy atom. The molecule has 1 atom stereocenters. The number of guanidine groups is 1. The highest BCUT2D eigenvalue weighted by atomic mass is 127. The van der Waals surface area contributed by atoms with Crippen LogP contribution in [0.3, 0.4) is 0 Å². The number of benzene rings is 1. The Bertz CT molecular complexity index is 483. The summed E-state index contributed by atoms with van der Waals surface area (Å²) in [6.07, 6.45) is 4.58. The summed E-state index contributed by atoms with van der Waals surface area (Å²) < 4.78 is 13.1. The van der Waals surface area contributed by atoms with Crippen LogP contribution in [0.15, 0.2) is 29.3 Å². The maximum Gasteiger partial charge on any atom is 0.191 e. The van der Waals surface area contributed by atoms with E-state index in [4.69, 9.17) is 0 Å². The second kappa shape index (κ2) is 8.70. The minimum Gasteiger partial charge on any atom is -0.356 e. The Hall–Kier alpha value is -0.850. The van der Waals surface area contributed by atoms with Crippen LogP contribution in [0.4, 0.5) is 4.39 Å². The highest BCUT2D eigenvalue weighted by Gasteiger charge is 2.38. The molecule has 1 saturated carbocycles. The van der Waals surface area contributed by atoms with Gasteiger partial charge in [0.15, 0.2) is 5.96 Å². The lowest BCUT2D eigenvalue weighted by Gasteiger charge is -2.43. The number of hydrogen-bond acceptors (Lipinski definition) is 1. The second-order valence-corrected chi connectivity index (χ2v) is 6.02. The van der Waals surface area contributed by atoms with Gasteiger partial charge < -0.3 is 10.6 Å². The van der Waals surface area contributed by atoms with Crippen molar-refractivity contribution in [1.82, 2.24) is 10.6 Å². The van der Waals surface area contributed by atoms with E-state index in [9.17, 15) is 4.39 Å². The lowest BCUT2D eigenvalue weighted by atomic mass is 9.64. The number of hydrogen-bond donors (Lipinski definition) is 2. The Morgan fingerprint density at radius 1 is 1.32 bits per heavy atom. The molecule has 1 aromatic rings. The van der Waals surface area contributed by atoms with Crippen LogP contribution in [-0.4, -0.2) is 25.6 Å². The van der Waals surface area contributed by atoms with Gasteiger partial charge in [-0.15, -0.1) is 24.0 Å². The average molecular weight is 419 g/mol. The molecule has 0 radical (unpaired) electrons. The van der Waals surface area contributed by atoms with Gasteiger partial charge in [0, 0.05) is 25.0 Å². The molecular formula is C17H27FIN3. The van der Waals surface area contributed by atoms with Gasteiger partial charge in [0.1, 0.15) is 5.82 Å². The molecule has 1 fully saturated rings. The molecule has 3 nitrogen and oxygen atoms in total. The fraction of sp³-hybridized carbons (Fsp3) is 0.588. The van der Waals surface area contributed by atoms with E-state index in [2.05, 4.69) is 29.5 Å². The Kier molecular flexibility index (Phi) is 7.59. The Balaban J connectivity index is 0.00000242. The molecule has 1 aliphatic carbocycles. The third kappa shape index (κ3) is 4.57. The van der Waals surface area contributed by atoms with Gasteiger partial charge in [-0.2, -0.15) is 0 Å². The predicted octanol–water partition coefficient (Wildman–Crippen LogP) is 3.83. The minimum atomic E-state index is -0.171. The smallest absolute Gasteiger partial charge is 0.191 e. The summed E-state index contributed by atoms with van der Waals surface area (Å²) in [6, 6.07) is 7.35. The maximum absolute atomic E-state index is 13.1. The van der Waals surface area contributed by atoms with E-state index >= 15 is 0 Å². The summed E-state index contributed by atoms with van der Waals surface area (Å²) in [7, 11) is 1.79. The van der Waals surface area contributed by atoms with E-state index in [1.54, 1.807) is 19.2 Å². The highest BCUT2D eigenvalue weighted by molar-refractivity contribution is 14.0. The molecule has 1 unspecified atom stereocenters. The number of aliphatic imine (C=N–C) groups is 1. The van der Waals surface area contributed by atoms with Crippen LogP contribution < -0.4 is 10.6 Å². The normalized spacial score (nSPS) is 17.9. The first-order valence-electron chi connectivity index (χ1n) is 7.83. The van der Waals surface area contributed by atoms with E-state index in [-0.39, 0.29) is 35.2 Å². The highest BCUT2D eigenvalue weighted by Crippen LogP contribution is 2.43. The van der Waals surface area contributed by atoms with Crippen molar-refractivity contribution >= 4 is 29.9 Å². The molecule has 0 amide bonds. The molecule has 22 heavy (non-hydrogen) atoms. The van der Waals surface area contributed by atoms with Crippen LogP contribution in [0.5, 0.6) is 0 Å². The van der Waals surface area contributed by atoms with Crippen molar-refractivity contribution < 1.29 is 4.39 Å². The lowest BCUT2D eigenvalue weighted by Crippen LogP contribution is -2.50. The summed E-state index contributed by atoms with van der Waals surface area (Å²) in [6.45, 7) is 5.14. The summed E-state index contributed by atoms with van der Waals surface area (Å²) in [5, 5.41) is 6.81. The largest absolute Gasteiger partial charge is 0.356 e. The topological polar surface area (TPSA) is 36.4 Å². The van der Waals surface area contributed by atoms with E-state index < -0.39 is 0 Å². The molecule has 0 heterocycles. The maximum atomic E-state index is 13.1. The Morgan fingerprint density at radius 3 is 2.41 bits per heavy atom. The lowest BCUT2D eigenvalue weighted by molar-refractivity contribution is 0.243. The predicted molar refractivity (Wildman–Crippen MR) is 102 cm³/mol. The molecule has 5 heteroatoms. The fourth-order valence-electron chi connectivity index (χ4n) is 2.76. The zero-order valence-corrected chi connectivity index (χ0v) is 16.0.